The first kappa shape index (κ1) is 12.0. The van der Waals surface area contributed by atoms with Crippen LogP contribution in [0.15, 0.2) is 12.2 Å². The van der Waals surface area contributed by atoms with Gasteiger partial charge in [-0.1, -0.05) is 32.9 Å². The van der Waals surface area contributed by atoms with E-state index < -0.39 is 8.32 Å². The van der Waals surface area contributed by atoms with Gasteiger partial charge in [0, 0.05) is 0 Å². The molecule has 2 fully saturated rings. The second kappa shape index (κ2) is 3.48. The van der Waals surface area contributed by atoms with E-state index >= 15 is 0 Å². The van der Waals surface area contributed by atoms with Crippen LogP contribution in [0.2, 0.25) is 18.1 Å². The zero-order valence-electron chi connectivity index (χ0n) is 11.9. The fourth-order valence-corrected chi connectivity index (χ4v) is 4.38. The molecule has 3 rings (SSSR count). The molecule has 0 heterocycles. The van der Waals surface area contributed by atoms with E-state index in [2.05, 4.69) is 46.0 Å². The molecule has 0 aromatic heterocycles. The lowest BCUT2D eigenvalue weighted by molar-refractivity contribution is 0.196. The second-order valence-electron chi connectivity index (χ2n) is 7.85. The molecule has 2 heteroatoms. The van der Waals surface area contributed by atoms with Crippen LogP contribution < -0.4 is 0 Å². The molecule has 3 aliphatic rings. The summed E-state index contributed by atoms with van der Waals surface area (Å²) in [6.45, 7) is 11.8. The number of rotatable bonds is 2. The molecule has 0 radical (unpaired) electrons. The summed E-state index contributed by atoms with van der Waals surface area (Å²) in [6.07, 6.45) is 8.20. The van der Waals surface area contributed by atoms with Gasteiger partial charge >= 0.3 is 0 Å². The molecule has 3 aliphatic carbocycles. The third kappa shape index (κ3) is 2.04. The molecule has 2 saturated carbocycles. The van der Waals surface area contributed by atoms with Crippen molar-refractivity contribution in [2.24, 2.45) is 23.7 Å². The van der Waals surface area contributed by atoms with Gasteiger partial charge in [0.25, 0.3) is 0 Å². The Hall–Kier alpha value is -0.0831. The molecular formula is C15H26OSi. The summed E-state index contributed by atoms with van der Waals surface area (Å²) in [5.41, 5.74) is 0. The van der Waals surface area contributed by atoms with Crippen LogP contribution in [0.3, 0.4) is 0 Å². The van der Waals surface area contributed by atoms with Crippen LogP contribution in [0.25, 0.3) is 0 Å². The highest BCUT2D eigenvalue weighted by Crippen LogP contribution is 2.62. The van der Waals surface area contributed by atoms with Crippen molar-refractivity contribution in [3.8, 4) is 0 Å². The first-order valence-corrected chi connectivity index (χ1v) is 10.1. The van der Waals surface area contributed by atoms with Crippen molar-refractivity contribution < 1.29 is 4.43 Å². The normalized spacial score (nSPS) is 43.7. The number of hydrogen-bond acceptors (Lipinski definition) is 1. The minimum Gasteiger partial charge on any atom is -0.410 e. The van der Waals surface area contributed by atoms with E-state index in [9.17, 15) is 0 Å². The summed E-state index contributed by atoms with van der Waals surface area (Å²) >= 11 is 0. The predicted molar refractivity (Wildman–Crippen MR) is 74.4 cm³/mol. The van der Waals surface area contributed by atoms with Crippen LogP contribution in [-0.2, 0) is 4.43 Å². The molecule has 5 atom stereocenters. The predicted octanol–water partition coefficient (Wildman–Crippen LogP) is 4.22. The minimum absolute atomic E-state index is 0.334. The Kier molecular flexibility index (Phi) is 2.45. The monoisotopic (exact) mass is 250 g/mol. The van der Waals surface area contributed by atoms with Gasteiger partial charge < -0.3 is 4.43 Å². The average Bonchev–Trinajstić information content (AvgIpc) is 2.98. The molecular weight excluding hydrogens is 224 g/mol. The lowest BCUT2D eigenvalue weighted by atomic mass is 10.1. The molecule has 0 aromatic carbocycles. The Balaban J connectivity index is 1.71. The Morgan fingerprint density at radius 1 is 1.00 bits per heavy atom. The molecule has 0 N–H and O–H groups in total. The lowest BCUT2D eigenvalue weighted by Gasteiger charge is -2.38. The maximum absolute atomic E-state index is 6.60. The van der Waals surface area contributed by atoms with E-state index in [1.165, 1.54) is 12.8 Å². The molecule has 0 amide bonds. The summed E-state index contributed by atoms with van der Waals surface area (Å²) in [5, 5.41) is 0.334. The average molecular weight is 250 g/mol. The summed E-state index contributed by atoms with van der Waals surface area (Å²) in [4.78, 5) is 0. The third-order valence-electron chi connectivity index (χ3n) is 5.54. The Morgan fingerprint density at radius 3 is 2.35 bits per heavy atom. The molecule has 0 aliphatic heterocycles. The Morgan fingerprint density at radius 2 is 1.71 bits per heavy atom. The highest BCUT2D eigenvalue weighted by molar-refractivity contribution is 6.74. The van der Waals surface area contributed by atoms with E-state index in [0.29, 0.717) is 11.1 Å². The van der Waals surface area contributed by atoms with Crippen molar-refractivity contribution in [1.82, 2.24) is 0 Å². The maximum atomic E-state index is 6.60. The maximum Gasteiger partial charge on any atom is 0.192 e. The highest BCUT2D eigenvalue weighted by Gasteiger charge is 2.57. The van der Waals surface area contributed by atoms with Gasteiger partial charge in [-0.25, -0.2) is 0 Å². The van der Waals surface area contributed by atoms with E-state index in [4.69, 9.17) is 4.43 Å². The lowest BCUT2D eigenvalue weighted by Crippen LogP contribution is -2.44. The second-order valence-corrected chi connectivity index (χ2v) is 12.6. The molecule has 96 valence electrons. The topological polar surface area (TPSA) is 9.23 Å². The number of hydrogen-bond donors (Lipinski definition) is 0. The van der Waals surface area contributed by atoms with Gasteiger partial charge in [-0.05, 0) is 54.6 Å². The van der Waals surface area contributed by atoms with Crippen molar-refractivity contribution >= 4 is 8.32 Å². The molecule has 1 nitrogen and oxygen atoms in total. The van der Waals surface area contributed by atoms with E-state index in [-0.39, 0.29) is 0 Å². The largest absolute Gasteiger partial charge is 0.410 e. The summed E-state index contributed by atoms with van der Waals surface area (Å²) in [5.74, 6) is 3.81. The molecule has 0 unspecified atom stereocenters. The fraction of sp³-hybridized carbons (Fsp3) is 0.867. The van der Waals surface area contributed by atoms with Gasteiger partial charge in [0.1, 0.15) is 0 Å². The zero-order chi connectivity index (χ0) is 12.4. The molecule has 0 bridgehead atoms. The zero-order valence-corrected chi connectivity index (χ0v) is 12.9. The highest BCUT2D eigenvalue weighted by atomic mass is 28.4. The van der Waals surface area contributed by atoms with Crippen LogP contribution in [0, 0.1) is 23.7 Å². The number of fused-ring (bicyclic) bond motifs is 3. The Labute approximate surface area is 107 Å². The molecule has 0 saturated heterocycles. The quantitative estimate of drug-likeness (QED) is 0.527. The van der Waals surface area contributed by atoms with Crippen LogP contribution in [-0.4, -0.2) is 14.4 Å². The van der Waals surface area contributed by atoms with E-state index in [0.717, 1.165) is 23.7 Å². The SMILES string of the molecule is CC(C)(C)[Si](C)(C)O[C@H]1C=C[C@@H]2C[C@@H]2[C@H]2C[C@H]21. The van der Waals surface area contributed by atoms with Gasteiger partial charge in [-0.2, -0.15) is 0 Å². The van der Waals surface area contributed by atoms with Gasteiger partial charge in [0.2, 0.25) is 0 Å². The van der Waals surface area contributed by atoms with Gasteiger partial charge in [-0.15, -0.1) is 0 Å². The van der Waals surface area contributed by atoms with Crippen LogP contribution >= 0.6 is 0 Å². The van der Waals surface area contributed by atoms with Crippen LogP contribution in [0.5, 0.6) is 0 Å². The van der Waals surface area contributed by atoms with Crippen molar-refractivity contribution in [1.29, 1.82) is 0 Å². The van der Waals surface area contributed by atoms with Gasteiger partial charge in [0.15, 0.2) is 8.32 Å². The Bertz CT molecular complexity index is 352. The molecule has 17 heavy (non-hydrogen) atoms. The van der Waals surface area contributed by atoms with Gasteiger partial charge in [-0.3, -0.25) is 0 Å². The van der Waals surface area contributed by atoms with E-state index in [1.807, 2.05) is 0 Å². The summed E-state index contributed by atoms with van der Waals surface area (Å²) in [7, 11) is -1.59. The molecule has 0 spiro atoms. The van der Waals surface area contributed by atoms with Crippen molar-refractivity contribution in [3.05, 3.63) is 12.2 Å². The standard InChI is InChI=1S/C15H26OSi/c1-15(2,3)17(4,5)16-14-7-6-10-8-11(10)12-9-13(12)14/h6-7,10-14H,8-9H2,1-5H3/t10-,11+,12-,13-,14+/m1/s1. The summed E-state index contributed by atoms with van der Waals surface area (Å²) in [6, 6.07) is 0. The van der Waals surface area contributed by atoms with Gasteiger partial charge in [0.05, 0.1) is 6.10 Å². The van der Waals surface area contributed by atoms with Crippen molar-refractivity contribution in [2.75, 3.05) is 0 Å². The van der Waals surface area contributed by atoms with Crippen LogP contribution in [0.1, 0.15) is 33.6 Å². The van der Waals surface area contributed by atoms with Crippen molar-refractivity contribution in [2.45, 2.75) is 57.8 Å². The first-order chi connectivity index (χ1) is 7.79. The smallest absolute Gasteiger partial charge is 0.192 e. The molecule has 0 aromatic rings. The van der Waals surface area contributed by atoms with Crippen LogP contribution in [0.4, 0.5) is 0 Å². The third-order valence-corrected chi connectivity index (χ3v) is 10.0. The van der Waals surface area contributed by atoms with Crippen molar-refractivity contribution in [3.63, 3.8) is 0 Å². The number of allylic oxidation sites excluding steroid dienone is 1. The summed E-state index contributed by atoms with van der Waals surface area (Å²) < 4.78 is 6.60. The fourth-order valence-electron chi connectivity index (χ4n) is 3.09. The minimum atomic E-state index is -1.59. The van der Waals surface area contributed by atoms with E-state index in [1.54, 1.807) is 0 Å². The first-order valence-electron chi connectivity index (χ1n) is 7.16.